The maximum Gasteiger partial charge on any atom is 0.341 e. The first-order valence-corrected chi connectivity index (χ1v) is 9.38. The fourth-order valence-corrected chi connectivity index (χ4v) is 2.54. The molecule has 2 aromatic carbocycles. The summed E-state index contributed by atoms with van der Waals surface area (Å²) in [6, 6.07) is 12.8. The monoisotopic (exact) mass is 413 g/mol. The van der Waals surface area contributed by atoms with Gasteiger partial charge in [-0.2, -0.15) is 0 Å². The van der Waals surface area contributed by atoms with Gasteiger partial charge in [0.15, 0.2) is 0 Å². The summed E-state index contributed by atoms with van der Waals surface area (Å²) < 4.78 is 15.2. The van der Waals surface area contributed by atoms with Crippen molar-refractivity contribution in [3.8, 4) is 11.5 Å². The normalized spacial score (nSPS) is 10.1. The fourth-order valence-electron chi connectivity index (χ4n) is 2.54. The van der Waals surface area contributed by atoms with Gasteiger partial charge in [0.05, 0.1) is 12.2 Å². The summed E-state index contributed by atoms with van der Waals surface area (Å²) in [6.07, 6.45) is 1.09. The van der Waals surface area contributed by atoms with E-state index in [0.717, 1.165) is 0 Å². The minimum absolute atomic E-state index is 0.146. The van der Waals surface area contributed by atoms with Crippen molar-refractivity contribution in [2.45, 2.75) is 26.7 Å². The number of rotatable bonds is 9. The van der Waals surface area contributed by atoms with E-state index >= 15 is 0 Å². The van der Waals surface area contributed by atoms with Gasteiger partial charge in [-0.1, -0.05) is 24.3 Å². The molecule has 0 heterocycles. The van der Waals surface area contributed by atoms with Crippen molar-refractivity contribution in [2.75, 3.05) is 13.2 Å². The van der Waals surface area contributed by atoms with Gasteiger partial charge < -0.3 is 19.5 Å². The summed E-state index contributed by atoms with van der Waals surface area (Å²) in [5, 5.41) is 2.73. The largest absolute Gasteiger partial charge is 0.462 e. The molecule has 0 fully saturated rings. The summed E-state index contributed by atoms with van der Waals surface area (Å²) in [4.78, 5) is 46.7. The Labute approximate surface area is 174 Å². The molecule has 8 nitrogen and oxygen atoms in total. The van der Waals surface area contributed by atoms with Crippen LogP contribution in [0.25, 0.3) is 0 Å². The molecule has 0 saturated carbocycles. The van der Waals surface area contributed by atoms with Crippen LogP contribution in [-0.2, 0) is 14.3 Å². The van der Waals surface area contributed by atoms with E-state index < -0.39 is 17.9 Å². The second-order valence-corrected chi connectivity index (χ2v) is 6.28. The van der Waals surface area contributed by atoms with Crippen LogP contribution in [0.4, 0.5) is 0 Å². The molecule has 1 N–H and O–H groups in total. The predicted octanol–water partition coefficient (Wildman–Crippen LogP) is 2.90. The van der Waals surface area contributed by atoms with Crippen molar-refractivity contribution in [1.29, 1.82) is 0 Å². The highest BCUT2D eigenvalue weighted by molar-refractivity contribution is 5.97. The zero-order valence-electron chi connectivity index (χ0n) is 16.8. The molecule has 1 amide bonds. The van der Waals surface area contributed by atoms with Crippen molar-refractivity contribution >= 4 is 23.8 Å². The molecule has 2 aromatic rings. The Morgan fingerprint density at radius 3 is 1.90 bits per heavy atom. The molecule has 0 atom stereocenters. The Morgan fingerprint density at radius 1 is 0.767 bits per heavy atom. The number of esters is 3. The van der Waals surface area contributed by atoms with Crippen LogP contribution in [0, 0.1) is 0 Å². The molecule has 0 aliphatic heterocycles. The molecule has 0 aliphatic carbocycles. The first-order valence-electron chi connectivity index (χ1n) is 9.38. The van der Waals surface area contributed by atoms with E-state index in [4.69, 9.17) is 14.2 Å². The topological polar surface area (TPSA) is 108 Å². The van der Waals surface area contributed by atoms with Gasteiger partial charge in [0, 0.05) is 20.4 Å². The number of hydrogen-bond donors (Lipinski definition) is 1. The molecular formula is C22H23NO7. The molecule has 30 heavy (non-hydrogen) atoms. The van der Waals surface area contributed by atoms with Crippen LogP contribution in [0.3, 0.4) is 0 Å². The van der Waals surface area contributed by atoms with E-state index in [1.165, 1.54) is 26.0 Å². The van der Waals surface area contributed by atoms with Crippen molar-refractivity contribution in [3.63, 3.8) is 0 Å². The number of nitrogens with one attached hydrogen (secondary N) is 1. The SMILES string of the molecule is CC(=O)Oc1ccccc1C(=O)NCCCCOC(=O)c1ccccc1OC(C)=O. The van der Waals surface area contributed by atoms with Gasteiger partial charge in [-0.25, -0.2) is 4.79 Å². The highest BCUT2D eigenvalue weighted by Crippen LogP contribution is 2.20. The number of unbranched alkanes of at least 4 members (excludes halogenated alkanes) is 1. The number of hydrogen-bond acceptors (Lipinski definition) is 7. The number of carbonyl (C=O) groups is 4. The van der Waals surface area contributed by atoms with Gasteiger partial charge in [0.1, 0.15) is 17.1 Å². The van der Waals surface area contributed by atoms with Crippen molar-refractivity contribution in [3.05, 3.63) is 59.7 Å². The van der Waals surface area contributed by atoms with Crippen LogP contribution in [0.15, 0.2) is 48.5 Å². The van der Waals surface area contributed by atoms with Gasteiger partial charge in [-0.05, 0) is 37.1 Å². The summed E-state index contributed by atoms with van der Waals surface area (Å²) in [5.41, 5.74) is 0.435. The zero-order chi connectivity index (χ0) is 21.9. The van der Waals surface area contributed by atoms with Gasteiger partial charge in [0.2, 0.25) is 0 Å². The van der Waals surface area contributed by atoms with Gasteiger partial charge in [0.25, 0.3) is 5.91 Å². The Kier molecular flexibility index (Phi) is 8.56. The summed E-state index contributed by atoms with van der Waals surface area (Å²) >= 11 is 0. The molecule has 0 spiro atoms. The molecule has 0 unspecified atom stereocenters. The van der Waals surface area contributed by atoms with Crippen LogP contribution < -0.4 is 14.8 Å². The molecule has 2 rings (SSSR count). The number of ether oxygens (including phenoxy) is 3. The first-order chi connectivity index (χ1) is 14.4. The van der Waals surface area contributed by atoms with Crippen LogP contribution >= 0.6 is 0 Å². The third-order valence-electron chi connectivity index (χ3n) is 3.84. The lowest BCUT2D eigenvalue weighted by Gasteiger charge is -2.10. The van der Waals surface area contributed by atoms with Crippen molar-refractivity contribution < 1.29 is 33.4 Å². The lowest BCUT2D eigenvalue weighted by Crippen LogP contribution is -2.25. The van der Waals surface area contributed by atoms with Crippen molar-refractivity contribution in [2.24, 2.45) is 0 Å². The molecule has 0 aromatic heterocycles. The van der Waals surface area contributed by atoms with E-state index in [9.17, 15) is 19.2 Å². The highest BCUT2D eigenvalue weighted by atomic mass is 16.5. The Hall–Kier alpha value is -3.68. The lowest BCUT2D eigenvalue weighted by molar-refractivity contribution is -0.132. The minimum Gasteiger partial charge on any atom is -0.462 e. The highest BCUT2D eigenvalue weighted by Gasteiger charge is 2.15. The smallest absolute Gasteiger partial charge is 0.341 e. The quantitative estimate of drug-likeness (QED) is 0.382. The maximum absolute atomic E-state index is 12.3. The van der Waals surface area contributed by atoms with Crippen LogP contribution in [-0.4, -0.2) is 37.0 Å². The third kappa shape index (κ3) is 7.05. The molecular weight excluding hydrogens is 390 g/mol. The standard InChI is InChI=1S/C22H23NO7/c1-15(24)29-19-11-5-3-9-17(19)21(26)23-13-7-8-14-28-22(27)18-10-4-6-12-20(18)30-16(2)25/h3-6,9-12H,7-8,13-14H2,1-2H3,(H,23,26). The van der Waals surface area contributed by atoms with Gasteiger partial charge in [-0.15, -0.1) is 0 Å². The van der Waals surface area contributed by atoms with Crippen LogP contribution in [0.5, 0.6) is 11.5 Å². The molecule has 0 saturated heterocycles. The van der Waals surface area contributed by atoms with Crippen LogP contribution in [0.2, 0.25) is 0 Å². The molecule has 0 bridgehead atoms. The summed E-state index contributed by atoms with van der Waals surface area (Å²) in [5.74, 6) is -1.64. The number of carbonyl (C=O) groups excluding carboxylic acids is 4. The maximum atomic E-state index is 12.3. The Bertz CT molecular complexity index is 848. The first kappa shape index (κ1) is 22.6. The number of para-hydroxylation sites is 2. The minimum atomic E-state index is -0.591. The van der Waals surface area contributed by atoms with Gasteiger partial charge in [-0.3, -0.25) is 14.4 Å². The van der Waals surface area contributed by atoms with E-state index in [2.05, 4.69) is 5.32 Å². The van der Waals surface area contributed by atoms with E-state index in [1.807, 2.05) is 0 Å². The van der Waals surface area contributed by atoms with E-state index in [-0.39, 0.29) is 35.1 Å². The zero-order valence-corrected chi connectivity index (χ0v) is 16.8. The molecule has 158 valence electrons. The Morgan fingerprint density at radius 2 is 1.30 bits per heavy atom. The Balaban J connectivity index is 1.75. The number of benzene rings is 2. The average molecular weight is 413 g/mol. The predicted molar refractivity (Wildman–Crippen MR) is 107 cm³/mol. The lowest BCUT2D eigenvalue weighted by atomic mass is 10.2. The van der Waals surface area contributed by atoms with E-state index in [1.54, 1.807) is 36.4 Å². The summed E-state index contributed by atoms with van der Waals surface area (Å²) in [6.45, 7) is 3.02. The molecule has 0 radical (unpaired) electrons. The van der Waals surface area contributed by atoms with E-state index in [0.29, 0.717) is 19.4 Å². The average Bonchev–Trinajstić information content (AvgIpc) is 2.70. The molecule has 0 aliphatic rings. The molecule has 8 heteroatoms. The second kappa shape index (κ2) is 11.4. The third-order valence-corrected chi connectivity index (χ3v) is 3.84. The number of amides is 1. The fraction of sp³-hybridized carbons (Fsp3) is 0.273. The van der Waals surface area contributed by atoms with Gasteiger partial charge >= 0.3 is 17.9 Å². The van der Waals surface area contributed by atoms with Crippen LogP contribution in [0.1, 0.15) is 47.4 Å². The second-order valence-electron chi connectivity index (χ2n) is 6.28. The summed E-state index contributed by atoms with van der Waals surface area (Å²) in [7, 11) is 0. The van der Waals surface area contributed by atoms with Crippen molar-refractivity contribution in [1.82, 2.24) is 5.32 Å².